The summed E-state index contributed by atoms with van der Waals surface area (Å²) < 4.78 is 5.26. The quantitative estimate of drug-likeness (QED) is 0.619. The van der Waals surface area contributed by atoms with Crippen molar-refractivity contribution in [2.45, 2.75) is 26.0 Å². The van der Waals surface area contributed by atoms with Crippen LogP contribution < -0.4 is 5.32 Å². The number of benzene rings is 2. The van der Waals surface area contributed by atoms with Crippen LogP contribution in [0.3, 0.4) is 0 Å². The number of fused-ring (bicyclic) bond motifs is 1. The monoisotopic (exact) mass is 405 g/mol. The second-order valence-corrected chi connectivity index (χ2v) is 6.91. The number of amides is 1. The zero-order valence-electron chi connectivity index (χ0n) is 14.6. The van der Waals surface area contributed by atoms with Crippen LogP contribution in [0.1, 0.15) is 35.9 Å². The molecule has 0 saturated heterocycles. The van der Waals surface area contributed by atoms with Crippen molar-refractivity contribution in [3.8, 4) is 0 Å². The van der Waals surface area contributed by atoms with Crippen molar-refractivity contribution in [1.29, 1.82) is 0 Å². The Hall–Kier alpha value is -2.57. The van der Waals surface area contributed by atoms with Crippen LogP contribution in [-0.2, 0) is 9.53 Å². The van der Waals surface area contributed by atoms with Gasteiger partial charge in [-0.25, -0.2) is 4.79 Å². The Kier molecular flexibility index (Phi) is 5.68. The number of nitrogens with one attached hydrogen (secondary N) is 2. The van der Waals surface area contributed by atoms with Crippen LogP contribution in [0, 0.1) is 0 Å². The topological polar surface area (TPSA) is 84.1 Å². The molecule has 6 nitrogen and oxygen atoms in total. The van der Waals surface area contributed by atoms with Crippen molar-refractivity contribution >= 4 is 46.0 Å². The molecule has 1 amide bonds. The number of aromatic amines is 1. The SMILES string of the molecule is CC(OC(=O)c1n[nH]c2ccccc12)C(=O)NC(C)c1ccc(Cl)cc1Cl. The summed E-state index contributed by atoms with van der Waals surface area (Å²) in [4.78, 5) is 24.7. The number of hydrogen-bond donors (Lipinski definition) is 2. The number of carbonyl (C=O) groups is 2. The van der Waals surface area contributed by atoms with Gasteiger partial charge in [0.25, 0.3) is 5.91 Å². The molecule has 0 spiro atoms. The fourth-order valence-corrected chi connectivity index (χ4v) is 3.22. The Bertz CT molecular complexity index is 1000. The molecule has 2 unspecified atom stereocenters. The average Bonchev–Trinajstić information content (AvgIpc) is 3.05. The highest BCUT2D eigenvalue weighted by atomic mass is 35.5. The molecule has 140 valence electrons. The molecular weight excluding hydrogens is 389 g/mol. The summed E-state index contributed by atoms with van der Waals surface area (Å²) in [5.41, 5.74) is 1.57. The summed E-state index contributed by atoms with van der Waals surface area (Å²) in [5, 5.41) is 11.1. The normalized spacial score (nSPS) is 13.2. The maximum atomic E-state index is 12.4. The average molecular weight is 406 g/mol. The highest BCUT2D eigenvalue weighted by Crippen LogP contribution is 2.26. The number of rotatable bonds is 5. The maximum Gasteiger partial charge on any atom is 0.360 e. The third-order valence-electron chi connectivity index (χ3n) is 4.10. The van der Waals surface area contributed by atoms with Gasteiger partial charge in [0.1, 0.15) is 0 Å². The van der Waals surface area contributed by atoms with Crippen LogP contribution in [0.4, 0.5) is 0 Å². The zero-order chi connectivity index (χ0) is 19.6. The largest absolute Gasteiger partial charge is 0.448 e. The molecule has 0 saturated carbocycles. The standard InChI is InChI=1S/C19H17Cl2N3O3/c1-10(13-8-7-12(20)9-15(13)21)22-18(25)11(2)27-19(26)17-14-5-3-4-6-16(14)23-24-17/h3-11H,1-2H3,(H,22,25)(H,23,24). The van der Waals surface area contributed by atoms with Gasteiger partial charge in [0.05, 0.1) is 11.6 Å². The van der Waals surface area contributed by atoms with Crippen LogP contribution in [0.25, 0.3) is 10.9 Å². The van der Waals surface area contributed by atoms with E-state index in [4.69, 9.17) is 27.9 Å². The van der Waals surface area contributed by atoms with E-state index in [1.807, 2.05) is 6.07 Å². The van der Waals surface area contributed by atoms with Gasteiger partial charge in [0.2, 0.25) is 0 Å². The number of ether oxygens (including phenoxy) is 1. The summed E-state index contributed by atoms with van der Waals surface area (Å²) in [5.74, 6) is -1.12. The van der Waals surface area contributed by atoms with Gasteiger partial charge in [0, 0.05) is 15.4 Å². The number of aromatic nitrogens is 2. The lowest BCUT2D eigenvalue weighted by atomic mass is 10.1. The molecule has 8 heteroatoms. The van der Waals surface area contributed by atoms with Gasteiger partial charge in [-0.2, -0.15) is 5.10 Å². The molecule has 0 fully saturated rings. The van der Waals surface area contributed by atoms with Crippen molar-refractivity contribution in [1.82, 2.24) is 15.5 Å². The first-order chi connectivity index (χ1) is 12.9. The molecular formula is C19H17Cl2N3O3. The van der Waals surface area contributed by atoms with Gasteiger partial charge in [0.15, 0.2) is 11.8 Å². The van der Waals surface area contributed by atoms with E-state index in [9.17, 15) is 9.59 Å². The maximum absolute atomic E-state index is 12.4. The second kappa shape index (κ2) is 7.98. The smallest absolute Gasteiger partial charge is 0.360 e. The minimum Gasteiger partial charge on any atom is -0.448 e. The van der Waals surface area contributed by atoms with Gasteiger partial charge in [-0.3, -0.25) is 9.89 Å². The number of carbonyl (C=O) groups excluding carboxylic acids is 2. The van der Waals surface area contributed by atoms with E-state index in [1.54, 1.807) is 43.3 Å². The molecule has 27 heavy (non-hydrogen) atoms. The van der Waals surface area contributed by atoms with E-state index < -0.39 is 18.0 Å². The molecule has 0 aliphatic rings. The predicted octanol–water partition coefficient (Wildman–Crippen LogP) is 4.29. The Morgan fingerprint density at radius 1 is 1.15 bits per heavy atom. The van der Waals surface area contributed by atoms with Crippen molar-refractivity contribution in [2.75, 3.05) is 0 Å². The minimum absolute atomic E-state index is 0.138. The molecule has 1 heterocycles. The molecule has 0 aliphatic heterocycles. The summed E-state index contributed by atoms with van der Waals surface area (Å²) in [6.45, 7) is 3.28. The van der Waals surface area contributed by atoms with Gasteiger partial charge >= 0.3 is 5.97 Å². The number of esters is 1. The van der Waals surface area contributed by atoms with Crippen molar-refractivity contribution < 1.29 is 14.3 Å². The van der Waals surface area contributed by atoms with E-state index in [2.05, 4.69) is 15.5 Å². The first kappa shape index (κ1) is 19.2. The van der Waals surface area contributed by atoms with Crippen LogP contribution in [-0.4, -0.2) is 28.2 Å². The molecule has 2 aromatic carbocycles. The molecule has 3 aromatic rings. The van der Waals surface area contributed by atoms with Crippen molar-refractivity contribution in [3.05, 3.63) is 63.8 Å². The van der Waals surface area contributed by atoms with E-state index in [1.165, 1.54) is 6.92 Å². The first-order valence-electron chi connectivity index (χ1n) is 8.26. The van der Waals surface area contributed by atoms with Crippen LogP contribution in [0.5, 0.6) is 0 Å². The molecule has 0 radical (unpaired) electrons. The molecule has 3 rings (SSSR count). The third-order valence-corrected chi connectivity index (χ3v) is 4.67. The van der Waals surface area contributed by atoms with E-state index in [0.717, 1.165) is 0 Å². The molecule has 1 aromatic heterocycles. The van der Waals surface area contributed by atoms with Crippen LogP contribution in [0.15, 0.2) is 42.5 Å². The van der Waals surface area contributed by atoms with Gasteiger partial charge in [-0.05, 0) is 37.6 Å². The van der Waals surface area contributed by atoms with Crippen LogP contribution >= 0.6 is 23.2 Å². The minimum atomic E-state index is -0.999. The zero-order valence-corrected chi connectivity index (χ0v) is 16.1. The summed E-state index contributed by atoms with van der Waals surface area (Å²) in [6.07, 6.45) is -0.999. The van der Waals surface area contributed by atoms with Crippen molar-refractivity contribution in [3.63, 3.8) is 0 Å². The first-order valence-corrected chi connectivity index (χ1v) is 9.02. The van der Waals surface area contributed by atoms with Gasteiger partial charge in [-0.1, -0.05) is 47.5 Å². The molecule has 2 atom stereocenters. The molecule has 0 aliphatic carbocycles. The fourth-order valence-electron chi connectivity index (χ4n) is 2.65. The summed E-state index contributed by atoms with van der Waals surface area (Å²) in [7, 11) is 0. The van der Waals surface area contributed by atoms with E-state index in [-0.39, 0.29) is 11.7 Å². The van der Waals surface area contributed by atoms with E-state index >= 15 is 0 Å². The number of H-pyrrole nitrogens is 1. The van der Waals surface area contributed by atoms with Gasteiger partial charge in [-0.15, -0.1) is 0 Å². The number of halogens is 2. The number of para-hydroxylation sites is 1. The Morgan fingerprint density at radius 2 is 1.89 bits per heavy atom. The number of hydrogen-bond acceptors (Lipinski definition) is 4. The lowest BCUT2D eigenvalue weighted by Gasteiger charge is -2.19. The number of nitrogens with zero attached hydrogens (tertiary/aromatic N) is 1. The van der Waals surface area contributed by atoms with Gasteiger partial charge < -0.3 is 10.1 Å². The van der Waals surface area contributed by atoms with Crippen molar-refractivity contribution in [2.24, 2.45) is 0 Å². The Balaban J connectivity index is 1.65. The lowest BCUT2D eigenvalue weighted by Crippen LogP contribution is -2.37. The summed E-state index contributed by atoms with van der Waals surface area (Å²) in [6, 6.07) is 11.8. The van der Waals surface area contributed by atoms with Crippen LogP contribution in [0.2, 0.25) is 10.0 Å². The Morgan fingerprint density at radius 3 is 2.63 bits per heavy atom. The highest BCUT2D eigenvalue weighted by Gasteiger charge is 2.24. The molecule has 2 N–H and O–H groups in total. The summed E-state index contributed by atoms with van der Waals surface area (Å²) >= 11 is 12.0. The highest BCUT2D eigenvalue weighted by molar-refractivity contribution is 6.35. The van der Waals surface area contributed by atoms with E-state index in [0.29, 0.717) is 26.5 Å². The Labute approximate surface area is 165 Å². The predicted molar refractivity (Wildman–Crippen MR) is 104 cm³/mol. The fraction of sp³-hybridized carbons (Fsp3) is 0.211. The third kappa shape index (κ3) is 4.23. The second-order valence-electron chi connectivity index (χ2n) is 6.06. The molecule has 0 bridgehead atoms. The lowest BCUT2D eigenvalue weighted by molar-refractivity contribution is -0.129.